The van der Waals surface area contributed by atoms with Crippen LogP contribution < -0.4 is 9.64 Å². The fourth-order valence-corrected chi connectivity index (χ4v) is 6.78. The zero-order valence-corrected chi connectivity index (χ0v) is 22.6. The first-order valence-corrected chi connectivity index (χ1v) is 14.4. The second kappa shape index (κ2) is 8.62. The largest absolute Gasteiger partial charge is 0.453 e. The van der Waals surface area contributed by atoms with Crippen LogP contribution in [0.2, 0.25) is 0 Å². The van der Waals surface area contributed by atoms with Gasteiger partial charge in [-0.3, -0.25) is 0 Å². The number of rotatable bonds is 3. The van der Waals surface area contributed by atoms with Crippen molar-refractivity contribution in [1.82, 2.24) is 9.36 Å². The third-order valence-electron chi connectivity index (χ3n) is 7.93. The normalized spacial score (nSPS) is 12.5. The molecule has 7 aromatic carbocycles. The monoisotopic (exact) mass is 543 g/mol. The molecule has 0 atom stereocenters. The molecular weight excluding hydrogens is 522 g/mol. The van der Waals surface area contributed by atoms with Gasteiger partial charge in [-0.15, -0.1) is 0 Å². The fraction of sp³-hybridized carbons (Fsp3) is 0. The molecule has 2 heterocycles. The zero-order chi connectivity index (χ0) is 26.9. The van der Waals surface area contributed by atoms with E-state index in [2.05, 4.69) is 95.9 Å². The summed E-state index contributed by atoms with van der Waals surface area (Å²) >= 11 is 1.44. The molecule has 192 valence electrons. The number of benzene rings is 7. The average Bonchev–Trinajstić information content (AvgIpc) is 3.53. The van der Waals surface area contributed by atoms with Gasteiger partial charge in [0.25, 0.3) is 0 Å². The average molecular weight is 544 g/mol. The molecule has 0 saturated heterocycles. The first-order valence-electron chi connectivity index (χ1n) is 13.6. The van der Waals surface area contributed by atoms with Crippen LogP contribution in [0.5, 0.6) is 11.5 Å². The summed E-state index contributed by atoms with van der Waals surface area (Å²) in [7, 11) is 0. The van der Waals surface area contributed by atoms with E-state index in [4.69, 9.17) is 14.1 Å². The lowest BCUT2D eigenvalue weighted by molar-refractivity contribution is 0.477. The summed E-state index contributed by atoms with van der Waals surface area (Å²) in [5, 5.41) is 8.49. The molecular formula is C36H21N3OS. The zero-order valence-electron chi connectivity index (χ0n) is 21.8. The van der Waals surface area contributed by atoms with Crippen LogP contribution in [0.1, 0.15) is 0 Å². The Kier molecular flexibility index (Phi) is 4.74. The van der Waals surface area contributed by atoms with Gasteiger partial charge in [-0.05, 0) is 92.4 Å². The molecule has 4 nitrogen and oxygen atoms in total. The van der Waals surface area contributed by atoms with Gasteiger partial charge in [-0.1, -0.05) is 78.9 Å². The Morgan fingerprint density at radius 1 is 0.537 bits per heavy atom. The van der Waals surface area contributed by atoms with Gasteiger partial charge < -0.3 is 9.64 Å². The van der Waals surface area contributed by atoms with E-state index in [1.807, 2.05) is 36.4 Å². The molecule has 0 fully saturated rings. The summed E-state index contributed by atoms with van der Waals surface area (Å²) in [6.07, 6.45) is 0. The van der Waals surface area contributed by atoms with Crippen LogP contribution in [-0.4, -0.2) is 9.36 Å². The summed E-state index contributed by atoms with van der Waals surface area (Å²) in [5.41, 5.74) is 5.13. The summed E-state index contributed by atoms with van der Waals surface area (Å²) in [5.74, 6) is 2.43. The smallest absolute Gasteiger partial charge is 0.173 e. The van der Waals surface area contributed by atoms with Gasteiger partial charge in [-0.25, -0.2) is 4.98 Å². The first kappa shape index (κ1) is 22.5. The van der Waals surface area contributed by atoms with E-state index >= 15 is 0 Å². The number of nitrogens with zero attached hydrogens (tertiary/aromatic N) is 3. The number of hydrogen-bond acceptors (Lipinski definition) is 5. The van der Waals surface area contributed by atoms with E-state index in [0.29, 0.717) is 0 Å². The highest BCUT2D eigenvalue weighted by atomic mass is 32.1. The second-order valence-corrected chi connectivity index (χ2v) is 11.1. The first-order chi connectivity index (χ1) is 20.3. The summed E-state index contributed by atoms with van der Waals surface area (Å²) in [4.78, 5) is 7.27. The standard InChI is InChI=1S/C36H21N3OS/c1-3-13-31-29(11-1)39(30-12-2-4-14-32(30)40-31)28-10-6-9-26(21-28)36-37-35(38-41-36)27-19-24-17-15-22-7-5-8-23-16-18-25(20-27)34(24)33(22)23/h1-21H. The molecule has 0 unspecified atom stereocenters. The number of ether oxygens (including phenoxy) is 1. The van der Waals surface area contributed by atoms with Crippen molar-refractivity contribution in [2.75, 3.05) is 4.90 Å². The highest BCUT2D eigenvalue weighted by molar-refractivity contribution is 7.09. The quantitative estimate of drug-likeness (QED) is 0.208. The van der Waals surface area contributed by atoms with Gasteiger partial charge in [0.1, 0.15) is 5.01 Å². The molecule has 41 heavy (non-hydrogen) atoms. The van der Waals surface area contributed by atoms with Crippen molar-refractivity contribution in [2.24, 2.45) is 0 Å². The molecule has 1 aliphatic rings. The number of para-hydroxylation sites is 4. The topological polar surface area (TPSA) is 38.2 Å². The van der Waals surface area contributed by atoms with Crippen LogP contribution in [-0.2, 0) is 0 Å². The molecule has 0 N–H and O–H groups in total. The molecule has 1 aliphatic heterocycles. The molecule has 0 bridgehead atoms. The van der Waals surface area contributed by atoms with Crippen molar-refractivity contribution in [3.63, 3.8) is 0 Å². The van der Waals surface area contributed by atoms with Crippen LogP contribution in [0, 0.1) is 0 Å². The second-order valence-electron chi connectivity index (χ2n) is 10.4. The van der Waals surface area contributed by atoms with Crippen molar-refractivity contribution < 1.29 is 4.74 Å². The maximum absolute atomic E-state index is 6.21. The molecule has 8 aromatic rings. The third kappa shape index (κ3) is 3.46. The van der Waals surface area contributed by atoms with E-state index in [0.717, 1.165) is 50.5 Å². The van der Waals surface area contributed by atoms with Crippen LogP contribution >= 0.6 is 11.5 Å². The van der Waals surface area contributed by atoms with Crippen molar-refractivity contribution in [3.05, 3.63) is 127 Å². The molecule has 0 amide bonds. The number of aromatic nitrogens is 2. The summed E-state index contributed by atoms with van der Waals surface area (Å²) < 4.78 is 11.0. The maximum Gasteiger partial charge on any atom is 0.173 e. The van der Waals surface area contributed by atoms with E-state index in [1.54, 1.807) is 0 Å². The Morgan fingerprint density at radius 2 is 1.15 bits per heavy atom. The Bertz CT molecular complexity index is 2160. The minimum absolute atomic E-state index is 0.753. The highest BCUT2D eigenvalue weighted by Gasteiger charge is 2.25. The molecule has 0 spiro atoms. The predicted molar refractivity (Wildman–Crippen MR) is 169 cm³/mol. The molecule has 1 aromatic heterocycles. The lowest BCUT2D eigenvalue weighted by Gasteiger charge is -2.32. The molecule has 0 radical (unpaired) electrons. The minimum Gasteiger partial charge on any atom is -0.453 e. The summed E-state index contributed by atoms with van der Waals surface area (Å²) in [6.45, 7) is 0. The Labute approximate surface area is 240 Å². The van der Waals surface area contributed by atoms with E-state index in [9.17, 15) is 0 Å². The number of hydrogen-bond donors (Lipinski definition) is 0. The van der Waals surface area contributed by atoms with Gasteiger partial charge in [0.15, 0.2) is 17.3 Å². The highest BCUT2D eigenvalue weighted by Crippen LogP contribution is 2.50. The van der Waals surface area contributed by atoms with Gasteiger partial charge in [0.05, 0.1) is 11.4 Å². The lowest BCUT2D eigenvalue weighted by atomic mass is 9.93. The number of anilines is 3. The molecule has 5 heteroatoms. The van der Waals surface area contributed by atoms with Gasteiger partial charge in [-0.2, -0.15) is 4.37 Å². The van der Waals surface area contributed by atoms with Crippen molar-refractivity contribution in [3.8, 4) is 33.5 Å². The minimum atomic E-state index is 0.753. The molecule has 0 aliphatic carbocycles. The molecule has 0 saturated carbocycles. The van der Waals surface area contributed by atoms with Crippen LogP contribution in [0.4, 0.5) is 17.1 Å². The third-order valence-corrected chi connectivity index (χ3v) is 8.70. The Morgan fingerprint density at radius 3 is 1.85 bits per heavy atom. The van der Waals surface area contributed by atoms with Crippen LogP contribution in [0.25, 0.3) is 54.3 Å². The van der Waals surface area contributed by atoms with Crippen molar-refractivity contribution in [1.29, 1.82) is 0 Å². The summed E-state index contributed by atoms with van der Waals surface area (Å²) in [6, 6.07) is 44.6. The lowest BCUT2D eigenvalue weighted by Crippen LogP contribution is -2.15. The fourth-order valence-electron chi connectivity index (χ4n) is 6.10. The van der Waals surface area contributed by atoms with E-state index < -0.39 is 0 Å². The van der Waals surface area contributed by atoms with E-state index in [1.165, 1.54) is 43.8 Å². The SMILES string of the molecule is c1cc(-c2nc(-c3cc4ccc5cccc6ccc(c3)c4c56)ns2)cc(N2c3ccccc3Oc3ccccc32)c1. The van der Waals surface area contributed by atoms with Crippen molar-refractivity contribution >= 4 is 60.9 Å². The van der Waals surface area contributed by atoms with Gasteiger partial charge in [0.2, 0.25) is 0 Å². The Hall–Kier alpha value is -5.26. The van der Waals surface area contributed by atoms with Crippen molar-refractivity contribution in [2.45, 2.75) is 0 Å². The number of fused-ring (bicyclic) bond motifs is 2. The van der Waals surface area contributed by atoms with Crippen LogP contribution in [0.3, 0.4) is 0 Å². The van der Waals surface area contributed by atoms with Crippen LogP contribution in [0.15, 0.2) is 127 Å². The Balaban J connectivity index is 1.13. The maximum atomic E-state index is 6.21. The molecule has 9 rings (SSSR count). The van der Waals surface area contributed by atoms with Gasteiger partial charge >= 0.3 is 0 Å². The predicted octanol–water partition coefficient (Wildman–Crippen LogP) is 10.3. The van der Waals surface area contributed by atoms with E-state index in [-0.39, 0.29) is 0 Å². The van der Waals surface area contributed by atoms with Gasteiger partial charge in [0, 0.05) is 16.8 Å².